The van der Waals surface area contributed by atoms with E-state index in [1.54, 1.807) is 49.7 Å². The molecule has 7 N–H and O–H groups in total. The Balaban J connectivity index is 1.32. The summed E-state index contributed by atoms with van der Waals surface area (Å²) in [5, 5.41) is 3.22. The van der Waals surface area contributed by atoms with E-state index in [0.717, 1.165) is 16.8 Å². The Kier molecular flexibility index (Phi) is 7.63. The molecule has 0 aliphatic rings. The van der Waals surface area contributed by atoms with Gasteiger partial charge in [0.2, 0.25) is 15.8 Å². The van der Waals surface area contributed by atoms with Crippen LogP contribution in [-0.2, 0) is 16.3 Å². The molecule has 4 aromatic rings. The van der Waals surface area contributed by atoms with Crippen molar-refractivity contribution in [3.63, 3.8) is 0 Å². The number of hydrogen-bond acceptors (Lipinski definition) is 10. The van der Waals surface area contributed by atoms with Crippen LogP contribution in [0.1, 0.15) is 11.1 Å². The molecular formula is C26H28N6O4S. The molecule has 0 saturated carbocycles. The molecule has 0 bridgehead atoms. The summed E-state index contributed by atoms with van der Waals surface area (Å²) >= 11 is 0. The predicted octanol–water partition coefficient (Wildman–Crippen LogP) is 3.15. The lowest BCUT2D eigenvalue weighted by molar-refractivity contribution is 0.305. The number of methoxy groups -OCH3 is 1. The Bertz CT molecular complexity index is 1480. The number of nitrogens with one attached hydrogen (secondary N) is 1. The van der Waals surface area contributed by atoms with E-state index in [-0.39, 0.29) is 15.7 Å². The molecule has 3 aromatic carbocycles. The molecule has 10 nitrogen and oxygen atoms in total. The molecule has 0 aliphatic heterocycles. The second kappa shape index (κ2) is 11.0. The van der Waals surface area contributed by atoms with Crippen LogP contribution in [0.25, 0.3) is 0 Å². The molecule has 0 fully saturated rings. The SMILES string of the molecule is COc1cc(Cc2cnc(N)nc2N)ccc1OCCNc1ccc(S(=O)(=O)c2ccc(N)cc2)cc1. The standard InChI is InChI=1S/C26H28N6O4S/c1-35-24-15-17(14-18-16-31-26(29)32-25(18)28)2-11-23(24)36-13-12-30-20-5-9-22(10-6-20)37(33,34)21-7-3-19(27)4-8-21/h2-11,15-16,30H,12-14,27H2,1H3,(H4,28,29,31,32). The number of rotatable bonds is 10. The van der Waals surface area contributed by atoms with Gasteiger partial charge in [0.25, 0.3) is 0 Å². The van der Waals surface area contributed by atoms with Crippen LogP contribution in [0.5, 0.6) is 11.5 Å². The third kappa shape index (κ3) is 6.19. The quantitative estimate of drug-likeness (QED) is 0.180. The van der Waals surface area contributed by atoms with Gasteiger partial charge >= 0.3 is 0 Å². The lowest BCUT2D eigenvalue weighted by atomic mass is 10.1. The van der Waals surface area contributed by atoms with Crippen molar-refractivity contribution in [1.29, 1.82) is 0 Å². The van der Waals surface area contributed by atoms with Gasteiger partial charge in [0.1, 0.15) is 12.4 Å². The average molecular weight is 521 g/mol. The summed E-state index contributed by atoms with van der Waals surface area (Å²) in [5.41, 5.74) is 20.1. The number of ether oxygens (including phenoxy) is 2. The van der Waals surface area contributed by atoms with Crippen LogP contribution in [-0.4, -0.2) is 38.6 Å². The summed E-state index contributed by atoms with van der Waals surface area (Å²) < 4.78 is 36.9. The lowest BCUT2D eigenvalue weighted by Gasteiger charge is -2.14. The third-order valence-corrected chi connectivity index (χ3v) is 7.37. The fourth-order valence-corrected chi connectivity index (χ4v) is 4.88. The van der Waals surface area contributed by atoms with Crippen molar-refractivity contribution in [2.75, 3.05) is 42.8 Å². The van der Waals surface area contributed by atoms with Gasteiger partial charge in [-0.25, -0.2) is 13.4 Å². The van der Waals surface area contributed by atoms with E-state index in [9.17, 15) is 8.42 Å². The molecule has 0 amide bonds. The molecular weight excluding hydrogens is 492 g/mol. The molecule has 0 radical (unpaired) electrons. The van der Waals surface area contributed by atoms with E-state index in [4.69, 9.17) is 26.7 Å². The highest BCUT2D eigenvalue weighted by Gasteiger charge is 2.17. The highest BCUT2D eigenvalue weighted by Crippen LogP contribution is 2.29. The maximum atomic E-state index is 12.8. The minimum atomic E-state index is -3.61. The van der Waals surface area contributed by atoms with E-state index >= 15 is 0 Å². The number of hydrogen-bond donors (Lipinski definition) is 4. The third-order valence-electron chi connectivity index (χ3n) is 5.58. The van der Waals surface area contributed by atoms with E-state index in [1.165, 1.54) is 12.1 Å². The Morgan fingerprint density at radius 1 is 0.892 bits per heavy atom. The smallest absolute Gasteiger partial charge is 0.221 e. The Hall–Kier alpha value is -4.51. The highest BCUT2D eigenvalue weighted by molar-refractivity contribution is 7.91. The van der Waals surface area contributed by atoms with Crippen LogP contribution >= 0.6 is 0 Å². The molecule has 0 atom stereocenters. The fraction of sp³-hybridized carbons (Fsp3) is 0.154. The molecule has 1 heterocycles. The second-order valence-corrected chi connectivity index (χ2v) is 10.1. The Morgan fingerprint density at radius 3 is 2.22 bits per heavy atom. The van der Waals surface area contributed by atoms with Crippen molar-refractivity contribution in [2.45, 2.75) is 16.2 Å². The first kappa shape index (κ1) is 25.6. The molecule has 192 valence electrons. The van der Waals surface area contributed by atoms with Crippen molar-refractivity contribution in [3.05, 3.63) is 84.1 Å². The van der Waals surface area contributed by atoms with Crippen molar-refractivity contribution in [2.24, 2.45) is 0 Å². The summed E-state index contributed by atoms with van der Waals surface area (Å²) in [6.07, 6.45) is 2.13. The predicted molar refractivity (Wildman–Crippen MR) is 143 cm³/mol. The summed E-state index contributed by atoms with van der Waals surface area (Å²) in [7, 11) is -2.04. The van der Waals surface area contributed by atoms with Crippen LogP contribution < -0.4 is 32.0 Å². The first-order chi connectivity index (χ1) is 17.8. The first-order valence-electron chi connectivity index (χ1n) is 11.4. The highest BCUT2D eigenvalue weighted by atomic mass is 32.2. The van der Waals surface area contributed by atoms with E-state index in [0.29, 0.717) is 42.6 Å². The number of sulfone groups is 1. The molecule has 11 heteroatoms. The van der Waals surface area contributed by atoms with E-state index in [2.05, 4.69) is 15.3 Å². The van der Waals surface area contributed by atoms with Gasteiger partial charge in [-0.1, -0.05) is 6.07 Å². The number of aromatic nitrogens is 2. The van der Waals surface area contributed by atoms with Crippen molar-refractivity contribution < 1.29 is 17.9 Å². The van der Waals surface area contributed by atoms with Gasteiger partial charge in [-0.2, -0.15) is 4.98 Å². The van der Waals surface area contributed by atoms with Crippen LogP contribution in [0, 0.1) is 0 Å². The van der Waals surface area contributed by atoms with Crippen LogP contribution in [0.3, 0.4) is 0 Å². The number of nitrogen functional groups attached to an aromatic ring is 3. The lowest BCUT2D eigenvalue weighted by Crippen LogP contribution is -2.12. The molecule has 37 heavy (non-hydrogen) atoms. The maximum Gasteiger partial charge on any atom is 0.221 e. The van der Waals surface area contributed by atoms with Crippen molar-refractivity contribution >= 4 is 33.0 Å². The van der Waals surface area contributed by atoms with Gasteiger partial charge in [-0.05, 0) is 66.2 Å². The first-order valence-corrected chi connectivity index (χ1v) is 12.9. The van der Waals surface area contributed by atoms with Crippen LogP contribution in [0.15, 0.2) is 82.7 Å². The Labute approximate surface area is 215 Å². The molecule has 0 unspecified atom stereocenters. The van der Waals surface area contributed by atoms with Gasteiger partial charge in [0.15, 0.2) is 11.5 Å². The van der Waals surface area contributed by atoms with E-state index < -0.39 is 9.84 Å². The topological polar surface area (TPSA) is 168 Å². The Morgan fingerprint density at radius 2 is 1.57 bits per heavy atom. The molecule has 0 saturated heterocycles. The maximum absolute atomic E-state index is 12.8. The summed E-state index contributed by atoms with van der Waals surface area (Å²) in [6.45, 7) is 0.855. The minimum absolute atomic E-state index is 0.135. The second-order valence-electron chi connectivity index (χ2n) is 8.17. The number of nitrogens with zero attached hydrogens (tertiary/aromatic N) is 2. The zero-order valence-electron chi connectivity index (χ0n) is 20.2. The summed E-state index contributed by atoms with van der Waals surface area (Å²) in [5.74, 6) is 1.66. The minimum Gasteiger partial charge on any atom is -0.493 e. The van der Waals surface area contributed by atoms with Crippen molar-refractivity contribution in [3.8, 4) is 11.5 Å². The van der Waals surface area contributed by atoms with Gasteiger partial charge in [-0.3, -0.25) is 0 Å². The average Bonchev–Trinajstić information content (AvgIpc) is 2.89. The van der Waals surface area contributed by atoms with Gasteiger partial charge in [-0.15, -0.1) is 0 Å². The number of benzene rings is 3. The van der Waals surface area contributed by atoms with Gasteiger partial charge in [0, 0.05) is 36.1 Å². The molecule has 0 aliphatic carbocycles. The fourth-order valence-electron chi connectivity index (χ4n) is 3.62. The summed E-state index contributed by atoms with van der Waals surface area (Å²) in [4.78, 5) is 8.38. The number of anilines is 4. The zero-order valence-corrected chi connectivity index (χ0v) is 21.0. The largest absolute Gasteiger partial charge is 0.493 e. The van der Waals surface area contributed by atoms with Crippen LogP contribution in [0.2, 0.25) is 0 Å². The van der Waals surface area contributed by atoms with Crippen LogP contribution in [0.4, 0.5) is 23.1 Å². The normalized spacial score (nSPS) is 11.2. The zero-order chi connectivity index (χ0) is 26.4. The molecule has 0 spiro atoms. The molecule has 4 rings (SSSR count). The van der Waals surface area contributed by atoms with Crippen molar-refractivity contribution in [1.82, 2.24) is 9.97 Å². The van der Waals surface area contributed by atoms with Gasteiger partial charge in [0.05, 0.1) is 16.9 Å². The van der Waals surface area contributed by atoms with E-state index in [1.807, 2.05) is 18.2 Å². The molecule has 1 aromatic heterocycles. The van der Waals surface area contributed by atoms with Gasteiger partial charge < -0.3 is 32.0 Å². The summed E-state index contributed by atoms with van der Waals surface area (Å²) in [6, 6.07) is 18.3. The number of nitrogens with two attached hydrogens (primary N) is 3. The monoisotopic (exact) mass is 520 g/mol.